The van der Waals surface area contributed by atoms with E-state index in [0.717, 1.165) is 37.1 Å². The monoisotopic (exact) mass is 430 g/mol. The van der Waals surface area contributed by atoms with Gasteiger partial charge in [0, 0.05) is 0 Å². The first kappa shape index (κ1) is 21.2. The molecule has 4 nitrogen and oxygen atoms in total. The van der Waals surface area contributed by atoms with Crippen molar-refractivity contribution < 1.29 is 9.53 Å². The average Bonchev–Trinajstić information content (AvgIpc) is 2.69. The first-order valence-corrected chi connectivity index (χ1v) is 10.4. The predicted octanol–water partition coefficient (Wildman–Crippen LogP) is 6.09. The number of nitrogens with zero attached hydrogens (tertiary/aromatic N) is 2. The van der Waals surface area contributed by atoms with Gasteiger partial charge in [-0.1, -0.05) is 79.0 Å². The molecule has 0 unspecified atom stereocenters. The zero-order valence-electron chi connectivity index (χ0n) is 15.9. The lowest BCUT2D eigenvalue weighted by atomic mass is 10.1. The maximum Gasteiger partial charge on any atom is 0.351 e. The molecule has 0 aliphatic heterocycles. The fraction of sp³-hybridized carbons (Fsp3) is 0.364. The number of hydrazone groups is 1. The molecule has 0 saturated carbocycles. The minimum atomic E-state index is -0.425. The molecule has 0 radical (unpaired) electrons. The molecule has 5 heteroatoms. The van der Waals surface area contributed by atoms with Gasteiger partial charge in [-0.3, -0.25) is 0 Å². The van der Waals surface area contributed by atoms with E-state index in [4.69, 9.17) is 4.74 Å². The Bertz CT molecular complexity index is 667. The smallest absolute Gasteiger partial charge is 0.351 e. The lowest BCUT2D eigenvalue weighted by Crippen LogP contribution is -2.28. The minimum Gasteiger partial charge on any atom is -0.457 e. The summed E-state index contributed by atoms with van der Waals surface area (Å²) in [7, 11) is 0. The summed E-state index contributed by atoms with van der Waals surface area (Å²) in [6.45, 7) is 4.21. The summed E-state index contributed by atoms with van der Waals surface area (Å²) in [5, 5.41) is 6.13. The lowest BCUT2D eigenvalue weighted by Gasteiger charge is -2.22. The Morgan fingerprint density at radius 3 is 2.00 bits per heavy atom. The summed E-state index contributed by atoms with van der Waals surface area (Å²) in [6.07, 6.45) is 4.91. The highest BCUT2D eigenvalue weighted by molar-refractivity contribution is 9.09. The van der Waals surface area contributed by atoms with Crippen LogP contribution in [0.2, 0.25) is 0 Å². The summed E-state index contributed by atoms with van der Waals surface area (Å²) in [5.41, 5.74) is 1.75. The average molecular weight is 431 g/mol. The van der Waals surface area contributed by atoms with E-state index in [-0.39, 0.29) is 10.9 Å². The molecule has 0 aliphatic carbocycles. The first-order valence-electron chi connectivity index (χ1n) is 9.44. The second kappa shape index (κ2) is 11.5. The first-order chi connectivity index (χ1) is 13.2. The SMILES string of the molecule is CCC[C@@H](Br)[C@@H](CCC)OC(=O)/C=N/N(c1ccccc1)c1ccccc1. The van der Waals surface area contributed by atoms with E-state index < -0.39 is 5.97 Å². The van der Waals surface area contributed by atoms with Crippen LogP contribution in [-0.2, 0) is 9.53 Å². The van der Waals surface area contributed by atoms with E-state index in [1.807, 2.05) is 60.7 Å². The van der Waals surface area contributed by atoms with Gasteiger partial charge >= 0.3 is 5.97 Å². The fourth-order valence-electron chi connectivity index (χ4n) is 2.77. The van der Waals surface area contributed by atoms with Gasteiger partial charge < -0.3 is 4.74 Å². The Balaban J connectivity index is 2.14. The van der Waals surface area contributed by atoms with Gasteiger partial charge in [0.05, 0.1) is 16.2 Å². The third kappa shape index (κ3) is 6.83. The van der Waals surface area contributed by atoms with E-state index in [1.165, 1.54) is 6.21 Å². The van der Waals surface area contributed by atoms with Crippen LogP contribution in [0.4, 0.5) is 11.4 Å². The summed E-state index contributed by atoms with van der Waals surface area (Å²) >= 11 is 3.66. The number of rotatable bonds is 10. The number of para-hydroxylation sites is 2. The molecule has 0 fully saturated rings. The second-order valence-electron chi connectivity index (χ2n) is 6.30. The third-order valence-electron chi connectivity index (χ3n) is 4.09. The van der Waals surface area contributed by atoms with Gasteiger partial charge in [0.15, 0.2) is 0 Å². The Labute approximate surface area is 170 Å². The molecule has 2 aromatic carbocycles. The summed E-state index contributed by atoms with van der Waals surface area (Å²) < 4.78 is 5.67. The van der Waals surface area contributed by atoms with Crippen LogP contribution in [0.3, 0.4) is 0 Å². The molecular weight excluding hydrogens is 404 g/mol. The van der Waals surface area contributed by atoms with Crippen LogP contribution in [0, 0.1) is 0 Å². The lowest BCUT2D eigenvalue weighted by molar-refractivity contribution is -0.140. The molecule has 144 valence electrons. The Morgan fingerprint density at radius 1 is 1.00 bits per heavy atom. The van der Waals surface area contributed by atoms with Crippen molar-refractivity contribution >= 4 is 39.5 Å². The van der Waals surface area contributed by atoms with E-state index in [2.05, 4.69) is 34.9 Å². The topological polar surface area (TPSA) is 41.9 Å². The van der Waals surface area contributed by atoms with Crippen molar-refractivity contribution in [3.05, 3.63) is 60.7 Å². The standard InChI is InChI=1S/C22H27BrN2O2/c1-3-11-20(23)21(12-4-2)27-22(26)17-24-25(18-13-7-5-8-14-18)19-15-9-6-10-16-19/h5-10,13-17,20-21H,3-4,11-12H2,1-2H3/b24-17+/t20-,21-/m1/s1. The van der Waals surface area contributed by atoms with Crippen LogP contribution < -0.4 is 5.01 Å². The summed E-state index contributed by atoms with van der Waals surface area (Å²) in [5.74, 6) is -0.425. The number of carbonyl (C=O) groups excluding carboxylic acids is 1. The number of alkyl halides is 1. The molecule has 0 aliphatic rings. The van der Waals surface area contributed by atoms with E-state index in [1.54, 1.807) is 5.01 Å². The van der Waals surface area contributed by atoms with Crippen LogP contribution >= 0.6 is 15.9 Å². The fourth-order valence-corrected chi connectivity index (χ4v) is 3.60. The highest BCUT2D eigenvalue weighted by atomic mass is 79.9. The summed E-state index contributed by atoms with van der Waals surface area (Å²) in [6, 6.07) is 19.5. The number of ether oxygens (including phenoxy) is 1. The van der Waals surface area contributed by atoms with E-state index >= 15 is 0 Å². The molecule has 2 atom stereocenters. The van der Waals surface area contributed by atoms with Crippen LogP contribution in [0.5, 0.6) is 0 Å². The molecule has 0 saturated heterocycles. The molecule has 2 aromatic rings. The van der Waals surface area contributed by atoms with Crippen molar-refractivity contribution in [3.63, 3.8) is 0 Å². The molecule has 0 spiro atoms. The highest BCUT2D eigenvalue weighted by Gasteiger charge is 2.21. The zero-order chi connectivity index (χ0) is 19.5. The van der Waals surface area contributed by atoms with Gasteiger partial charge in [0.2, 0.25) is 0 Å². The van der Waals surface area contributed by atoms with Crippen molar-refractivity contribution in [2.75, 3.05) is 5.01 Å². The van der Waals surface area contributed by atoms with Crippen LogP contribution in [0.25, 0.3) is 0 Å². The number of anilines is 2. The third-order valence-corrected chi connectivity index (χ3v) is 5.14. The second-order valence-corrected chi connectivity index (χ2v) is 7.47. The number of carbonyl (C=O) groups is 1. The molecule has 0 amide bonds. The van der Waals surface area contributed by atoms with Crippen LogP contribution in [-0.4, -0.2) is 23.1 Å². The van der Waals surface area contributed by atoms with Gasteiger partial charge in [0.25, 0.3) is 0 Å². The maximum absolute atomic E-state index is 12.4. The molecule has 0 aromatic heterocycles. The molecule has 0 heterocycles. The number of halogens is 1. The normalized spacial score (nSPS) is 13.3. The van der Waals surface area contributed by atoms with Gasteiger partial charge in [-0.05, 0) is 37.1 Å². The van der Waals surface area contributed by atoms with Gasteiger partial charge in [0.1, 0.15) is 12.3 Å². The molecule has 2 rings (SSSR count). The maximum atomic E-state index is 12.4. The Hall–Kier alpha value is -2.14. The number of esters is 1. The van der Waals surface area contributed by atoms with Crippen molar-refractivity contribution in [2.45, 2.75) is 50.5 Å². The minimum absolute atomic E-state index is 0.143. The molecular formula is C22H27BrN2O2. The van der Waals surface area contributed by atoms with Crippen LogP contribution in [0.15, 0.2) is 65.8 Å². The predicted molar refractivity (Wildman–Crippen MR) is 116 cm³/mol. The Morgan fingerprint density at radius 2 is 1.52 bits per heavy atom. The summed E-state index contributed by atoms with van der Waals surface area (Å²) in [4.78, 5) is 12.6. The number of benzene rings is 2. The van der Waals surface area contributed by atoms with Gasteiger partial charge in [-0.2, -0.15) is 5.10 Å². The van der Waals surface area contributed by atoms with Crippen LogP contribution in [0.1, 0.15) is 39.5 Å². The van der Waals surface area contributed by atoms with Crippen molar-refractivity contribution in [1.82, 2.24) is 0 Å². The quantitative estimate of drug-likeness (QED) is 0.198. The van der Waals surface area contributed by atoms with Gasteiger partial charge in [-0.15, -0.1) is 0 Å². The van der Waals surface area contributed by atoms with Crippen molar-refractivity contribution in [3.8, 4) is 0 Å². The number of hydrogen-bond donors (Lipinski definition) is 0. The molecule has 0 bridgehead atoms. The Kier molecular flexibility index (Phi) is 9.05. The molecule has 27 heavy (non-hydrogen) atoms. The largest absolute Gasteiger partial charge is 0.457 e. The zero-order valence-corrected chi connectivity index (χ0v) is 17.5. The van der Waals surface area contributed by atoms with Crippen molar-refractivity contribution in [2.24, 2.45) is 5.10 Å². The number of hydrogen-bond acceptors (Lipinski definition) is 4. The van der Waals surface area contributed by atoms with Crippen molar-refractivity contribution in [1.29, 1.82) is 0 Å². The van der Waals surface area contributed by atoms with E-state index in [9.17, 15) is 4.79 Å². The highest BCUT2D eigenvalue weighted by Crippen LogP contribution is 2.25. The molecule has 0 N–H and O–H groups in total. The van der Waals surface area contributed by atoms with Gasteiger partial charge in [-0.25, -0.2) is 9.80 Å². The van der Waals surface area contributed by atoms with E-state index in [0.29, 0.717) is 0 Å².